The van der Waals surface area contributed by atoms with E-state index in [0.717, 1.165) is 25.0 Å². The Hall–Kier alpha value is -2.18. The zero-order valence-electron chi connectivity index (χ0n) is 13.5. The summed E-state index contributed by atoms with van der Waals surface area (Å²) in [5.74, 6) is -2.82. The molecule has 24 heavy (non-hydrogen) atoms. The molecule has 0 saturated carbocycles. The third kappa shape index (κ3) is 4.91. The third-order valence-corrected chi connectivity index (χ3v) is 4.15. The summed E-state index contributed by atoms with van der Waals surface area (Å²) in [6, 6.07) is 3.13. The van der Waals surface area contributed by atoms with E-state index in [9.17, 15) is 18.4 Å². The first-order chi connectivity index (χ1) is 11.4. The van der Waals surface area contributed by atoms with E-state index in [1.165, 1.54) is 6.07 Å². The number of likely N-dealkylation sites (tertiary alicyclic amines) is 1. The molecule has 0 spiro atoms. The van der Waals surface area contributed by atoms with Crippen molar-refractivity contribution in [2.24, 2.45) is 5.92 Å². The van der Waals surface area contributed by atoms with Crippen molar-refractivity contribution in [3.63, 3.8) is 0 Å². The quantitative estimate of drug-likeness (QED) is 0.864. The molecule has 1 heterocycles. The molecule has 5 nitrogen and oxygen atoms in total. The first-order valence-electron chi connectivity index (χ1n) is 7.99. The van der Waals surface area contributed by atoms with Crippen LogP contribution in [0.25, 0.3) is 0 Å². The molecule has 1 aliphatic heterocycles. The topological polar surface area (TPSA) is 66.8 Å². The Morgan fingerprint density at radius 2 is 2.12 bits per heavy atom. The number of ether oxygens (including phenoxy) is 1. The minimum atomic E-state index is -1.03. The van der Waals surface area contributed by atoms with Crippen molar-refractivity contribution in [3.8, 4) is 5.75 Å². The highest BCUT2D eigenvalue weighted by Gasteiger charge is 2.28. The summed E-state index contributed by atoms with van der Waals surface area (Å²) in [4.78, 5) is 24.8. The van der Waals surface area contributed by atoms with Crippen molar-refractivity contribution >= 4 is 11.9 Å². The largest absolute Gasteiger partial charge is 0.481 e. The van der Waals surface area contributed by atoms with Gasteiger partial charge in [0.25, 0.3) is 5.91 Å². The van der Waals surface area contributed by atoms with Crippen LogP contribution in [-0.2, 0) is 9.59 Å². The fourth-order valence-electron chi connectivity index (χ4n) is 2.89. The number of halogens is 2. The van der Waals surface area contributed by atoms with Gasteiger partial charge in [-0.2, -0.15) is 0 Å². The molecular formula is C17H21F2NO4. The molecule has 1 saturated heterocycles. The average Bonchev–Trinajstić information content (AvgIpc) is 2.56. The first kappa shape index (κ1) is 18.2. The Morgan fingerprint density at radius 3 is 2.79 bits per heavy atom. The Bertz CT molecular complexity index is 608. The Morgan fingerprint density at radius 1 is 1.38 bits per heavy atom. The van der Waals surface area contributed by atoms with Gasteiger partial charge in [0, 0.05) is 25.6 Å². The summed E-state index contributed by atoms with van der Waals surface area (Å²) in [6.45, 7) is 2.65. The molecule has 0 radical (unpaired) electrons. The number of amides is 1. The normalized spacial score (nSPS) is 19.0. The lowest BCUT2D eigenvalue weighted by atomic mass is 9.93. The minimum absolute atomic E-state index is 0.0909. The summed E-state index contributed by atoms with van der Waals surface area (Å²) in [7, 11) is 0. The number of benzene rings is 1. The lowest BCUT2D eigenvalue weighted by Gasteiger charge is -2.34. The van der Waals surface area contributed by atoms with Crippen LogP contribution < -0.4 is 4.74 Å². The fraction of sp³-hybridized carbons (Fsp3) is 0.529. The van der Waals surface area contributed by atoms with E-state index in [2.05, 4.69) is 0 Å². The van der Waals surface area contributed by atoms with Gasteiger partial charge in [0.2, 0.25) is 0 Å². The van der Waals surface area contributed by atoms with Crippen LogP contribution in [0.15, 0.2) is 18.2 Å². The molecule has 1 aromatic carbocycles. The number of hydrogen-bond donors (Lipinski definition) is 1. The average molecular weight is 341 g/mol. The molecule has 1 fully saturated rings. The van der Waals surface area contributed by atoms with Gasteiger partial charge in [-0.25, -0.2) is 8.78 Å². The predicted molar refractivity (Wildman–Crippen MR) is 82.6 cm³/mol. The van der Waals surface area contributed by atoms with Crippen molar-refractivity contribution in [2.75, 3.05) is 13.1 Å². The summed E-state index contributed by atoms with van der Waals surface area (Å²) >= 11 is 0. The molecule has 0 aromatic heterocycles. The number of carbonyl (C=O) groups excluding carboxylic acids is 1. The summed E-state index contributed by atoms with van der Waals surface area (Å²) in [5, 5.41) is 8.76. The van der Waals surface area contributed by atoms with Crippen LogP contribution in [0.4, 0.5) is 8.78 Å². The molecule has 0 bridgehead atoms. The molecular weight excluding hydrogens is 320 g/mol. The van der Waals surface area contributed by atoms with Crippen LogP contribution in [-0.4, -0.2) is 41.1 Å². The zero-order chi connectivity index (χ0) is 17.7. The van der Waals surface area contributed by atoms with E-state index in [0.29, 0.717) is 19.5 Å². The maximum Gasteiger partial charge on any atom is 0.303 e. The second kappa shape index (κ2) is 8.08. The van der Waals surface area contributed by atoms with Crippen molar-refractivity contribution in [1.29, 1.82) is 0 Å². The molecule has 2 atom stereocenters. The van der Waals surface area contributed by atoms with E-state index in [4.69, 9.17) is 9.84 Å². The number of carboxylic acids is 1. The lowest BCUT2D eigenvalue weighted by Crippen LogP contribution is -2.45. The van der Waals surface area contributed by atoms with Gasteiger partial charge in [0.1, 0.15) is 5.75 Å². The highest BCUT2D eigenvalue weighted by atomic mass is 19.2. The number of carbonyl (C=O) groups is 2. The molecule has 0 unspecified atom stereocenters. The van der Waals surface area contributed by atoms with E-state index >= 15 is 0 Å². The van der Waals surface area contributed by atoms with Crippen LogP contribution in [0, 0.1) is 17.6 Å². The van der Waals surface area contributed by atoms with Gasteiger partial charge in [-0.05, 0) is 44.2 Å². The SMILES string of the molecule is C[C@H](Oc1ccc(F)c(F)c1)C(=O)N1CCC[C@H](CCC(=O)O)C1. The monoisotopic (exact) mass is 341 g/mol. The predicted octanol–water partition coefficient (Wildman–Crippen LogP) is 2.84. The highest BCUT2D eigenvalue weighted by molar-refractivity contribution is 5.81. The number of rotatable bonds is 6. The summed E-state index contributed by atoms with van der Waals surface area (Å²) < 4.78 is 31.5. The van der Waals surface area contributed by atoms with E-state index < -0.39 is 23.7 Å². The van der Waals surface area contributed by atoms with E-state index in [1.54, 1.807) is 11.8 Å². The van der Waals surface area contributed by atoms with Crippen molar-refractivity contribution < 1.29 is 28.2 Å². The van der Waals surface area contributed by atoms with Gasteiger partial charge in [-0.1, -0.05) is 0 Å². The van der Waals surface area contributed by atoms with Crippen LogP contribution in [0.2, 0.25) is 0 Å². The number of carboxylic acid groups (broad SMARTS) is 1. The van der Waals surface area contributed by atoms with Crippen molar-refractivity contribution in [3.05, 3.63) is 29.8 Å². The Labute approximate surface area is 139 Å². The van der Waals surface area contributed by atoms with E-state index in [1.807, 2.05) is 0 Å². The molecule has 1 N–H and O–H groups in total. The van der Waals surface area contributed by atoms with Gasteiger partial charge in [0.15, 0.2) is 17.7 Å². The van der Waals surface area contributed by atoms with E-state index in [-0.39, 0.29) is 24.0 Å². The number of piperidine rings is 1. The Kier molecular flexibility index (Phi) is 6.11. The van der Waals surface area contributed by atoms with Crippen LogP contribution >= 0.6 is 0 Å². The van der Waals surface area contributed by atoms with Gasteiger partial charge < -0.3 is 14.7 Å². The van der Waals surface area contributed by atoms with Crippen LogP contribution in [0.3, 0.4) is 0 Å². The molecule has 2 rings (SSSR count). The third-order valence-electron chi connectivity index (χ3n) is 4.15. The number of aliphatic carboxylic acids is 1. The van der Waals surface area contributed by atoms with Gasteiger partial charge in [-0.15, -0.1) is 0 Å². The molecule has 7 heteroatoms. The van der Waals surface area contributed by atoms with Gasteiger partial charge in [0.05, 0.1) is 0 Å². The summed E-state index contributed by atoms with van der Waals surface area (Å²) in [6.07, 6.45) is 1.52. The molecule has 0 aliphatic carbocycles. The summed E-state index contributed by atoms with van der Waals surface area (Å²) in [5.41, 5.74) is 0. The Balaban J connectivity index is 1.91. The van der Waals surface area contributed by atoms with Gasteiger partial charge >= 0.3 is 5.97 Å². The molecule has 1 aliphatic rings. The fourth-order valence-corrected chi connectivity index (χ4v) is 2.89. The maximum absolute atomic E-state index is 13.2. The zero-order valence-corrected chi connectivity index (χ0v) is 13.5. The molecule has 132 valence electrons. The second-order valence-corrected chi connectivity index (χ2v) is 6.06. The van der Waals surface area contributed by atoms with Crippen LogP contribution in [0.1, 0.15) is 32.6 Å². The number of nitrogens with zero attached hydrogens (tertiary/aromatic N) is 1. The van der Waals surface area contributed by atoms with Crippen molar-refractivity contribution in [1.82, 2.24) is 4.90 Å². The molecule has 1 aromatic rings. The minimum Gasteiger partial charge on any atom is -0.481 e. The maximum atomic E-state index is 13.2. The first-order valence-corrected chi connectivity index (χ1v) is 7.99. The highest BCUT2D eigenvalue weighted by Crippen LogP contribution is 2.23. The lowest BCUT2D eigenvalue weighted by molar-refractivity contribution is -0.140. The standard InChI is InChI=1S/C17H21F2NO4/c1-11(24-13-5-6-14(18)15(19)9-13)17(23)20-8-2-3-12(10-20)4-7-16(21)22/h5-6,9,11-12H,2-4,7-8,10H2,1H3,(H,21,22)/t11-,12+/m0/s1. The molecule has 1 amide bonds. The van der Waals surface area contributed by atoms with Gasteiger partial charge in [-0.3, -0.25) is 9.59 Å². The second-order valence-electron chi connectivity index (χ2n) is 6.06. The van der Waals surface area contributed by atoms with Crippen LogP contribution in [0.5, 0.6) is 5.75 Å². The smallest absolute Gasteiger partial charge is 0.303 e. The number of hydrogen-bond acceptors (Lipinski definition) is 3. The van der Waals surface area contributed by atoms with Crippen molar-refractivity contribution in [2.45, 2.75) is 38.7 Å².